The van der Waals surface area contributed by atoms with Gasteiger partial charge in [0.2, 0.25) is 0 Å². The van der Waals surface area contributed by atoms with Crippen LogP contribution in [-0.4, -0.2) is 17.5 Å². The summed E-state index contributed by atoms with van der Waals surface area (Å²) in [5.74, 6) is -0.273. The van der Waals surface area contributed by atoms with Gasteiger partial charge >= 0.3 is 6.09 Å². The van der Waals surface area contributed by atoms with Crippen molar-refractivity contribution >= 4 is 57.7 Å². The van der Waals surface area contributed by atoms with Gasteiger partial charge in [-0.2, -0.15) is 0 Å². The number of ketones is 1. The van der Waals surface area contributed by atoms with Crippen molar-refractivity contribution in [2.24, 2.45) is 0 Å². The molecule has 0 radical (unpaired) electrons. The van der Waals surface area contributed by atoms with Gasteiger partial charge in [-0.3, -0.25) is 4.79 Å². The normalized spacial score (nSPS) is 12.4. The highest BCUT2D eigenvalue weighted by molar-refractivity contribution is 14.1. The van der Waals surface area contributed by atoms with Gasteiger partial charge < -0.3 is 10.1 Å². The van der Waals surface area contributed by atoms with Crippen LogP contribution >= 0.6 is 45.8 Å². The van der Waals surface area contributed by atoms with E-state index in [0.29, 0.717) is 21.2 Å². The number of amides is 1. The van der Waals surface area contributed by atoms with Crippen LogP contribution in [0.4, 0.5) is 4.79 Å². The molecule has 1 atom stereocenters. The number of Topliss-reactive ketones (excluding diaryl/α,β-unsaturated/α-hetero) is 1. The Morgan fingerprint density at radius 1 is 1.04 bits per heavy atom. The minimum absolute atomic E-state index is 0.273. The summed E-state index contributed by atoms with van der Waals surface area (Å²) < 4.78 is 6.29. The summed E-state index contributed by atoms with van der Waals surface area (Å²) in [5, 5.41) is 3.31. The molecule has 1 unspecified atom stereocenters. The topological polar surface area (TPSA) is 55.4 Å². The molecule has 2 aromatic carbocycles. The van der Waals surface area contributed by atoms with Crippen LogP contribution in [0.5, 0.6) is 0 Å². The van der Waals surface area contributed by atoms with Gasteiger partial charge in [-0.15, -0.1) is 0 Å². The predicted molar refractivity (Wildman–Crippen MR) is 112 cm³/mol. The first kappa shape index (κ1) is 21.0. The highest BCUT2D eigenvalue weighted by Gasteiger charge is 2.27. The maximum atomic E-state index is 13.0. The first-order chi connectivity index (χ1) is 12.1. The van der Waals surface area contributed by atoms with Crippen LogP contribution in [0.2, 0.25) is 10.0 Å². The molecule has 0 saturated carbocycles. The van der Waals surface area contributed by atoms with E-state index < -0.39 is 17.7 Å². The van der Waals surface area contributed by atoms with E-state index >= 15 is 0 Å². The lowest BCUT2D eigenvalue weighted by Crippen LogP contribution is -2.38. The lowest BCUT2D eigenvalue weighted by atomic mass is 9.97. The molecule has 0 aliphatic carbocycles. The Bertz CT molecular complexity index is 817. The van der Waals surface area contributed by atoms with Crippen LogP contribution in [0.25, 0.3) is 0 Å². The van der Waals surface area contributed by atoms with Crippen LogP contribution in [0, 0.1) is 3.57 Å². The molecular formula is C19H18Cl2INO3. The van der Waals surface area contributed by atoms with Crippen LogP contribution in [0.1, 0.15) is 42.7 Å². The minimum Gasteiger partial charge on any atom is -0.444 e. The van der Waals surface area contributed by atoms with Crippen molar-refractivity contribution in [2.45, 2.75) is 32.4 Å². The summed E-state index contributed by atoms with van der Waals surface area (Å²) in [4.78, 5) is 25.2. The monoisotopic (exact) mass is 505 g/mol. The molecule has 0 bridgehead atoms. The summed E-state index contributed by atoms with van der Waals surface area (Å²) >= 11 is 14.2. The highest BCUT2D eigenvalue weighted by Crippen LogP contribution is 2.28. The summed E-state index contributed by atoms with van der Waals surface area (Å²) in [6, 6.07) is 10.9. The Labute approximate surface area is 176 Å². The fourth-order valence-electron chi connectivity index (χ4n) is 2.20. The molecule has 7 heteroatoms. The van der Waals surface area contributed by atoms with Crippen LogP contribution < -0.4 is 5.32 Å². The standard InChI is InChI=1S/C19H18Cl2INO3/c1-19(2,3)26-18(25)23-16(12-6-9-14(20)15(21)10-12)17(24)11-4-7-13(22)8-5-11/h4-10,16H,1-3H3,(H,23,25). The van der Waals surface area contributed by atoms with Crippen molar-refractivity contribution in [3.63, 3.8) is 0 Å². The van der Waals surface area contributed by atoms with Crippen molar-refractivity contribution in [3.8, 4) is 0 Å². The van der Waals surface area contributed by atoms with Gasteiger partial charge in [-0.05, 0) is 73.2 Å². The molecule has 1 amide bonds. The van der Waals surface area contributed by atoms with E-state index in [1.165, 1.54) is 0 Å². The molecule has 0 aliphatic rings. The van der Waals surface area contributed by atoms with Crippen LogP contribution in [0.15, 0.2) is 42.5 Å². The second kappa shape index (κ2) is 8.59. The van der Waals surface area contributed by atoms with E-state index in [1.54, 1.807) is 51.1 Å². The maximum absolute atomic E-state index is 13.0. The number of alkyl carbamates (subject to hydrolysis) is 1. The second-order valence-corrected chi connectivity index (χ2v) is 8.68. The molecule has 0 fully saturated rings. The Hall–Kier alpha value is -1.31. The molecule has 0 spiro atoms. The largest absolute Gasteiger partial charge is 0.444 e. The third-order valence-corrected chi connectivity index (χ3v) is 4.79. The molecule has 138 valence electrons. The number of benzene rings is 2. The molecule has 1 N–H and O–H groups in total. The molecular weight excluding hydrogens is 488 g/mol. The summed E-state index contributed by atoms with van der Waals surface area (Å²) in [5.41, 5.74) is 0.310. The molecule has 2 rings (SSSR count). The molecule has 2 aromatic rings. The van der Waals surface area contributed by atoms with Crippen LogP contribution in [-0.2, 0) is 4.74 Å². The maximum Gasteiger partial charge on any atom is 0.408 e. The Balaban J connectivity index is 2.37. The van der Waals surface area contributed by atoms with Crippen molar-refractivity contribution in [1.29, 1.82) is 0 Å². The molecule has 0 saturated heterocycles. The molecule has 0 aromatic heterocycles. The van der Waals surface area contributed by atoms with Crippen LogP contribution in [0.3, 0.4) is 0 Å². The number of hydrogen-bond donors (Lipinski definition) is 1. The lowest BCUT2D eigenvalue weighted by Gasteiger charge is -2.23. The Morgan fingerprint density at radius 3 is 2.19 bits per heavy atom. The average Bonchev–Trinajstić information content (AvgIpc) is 2.54. The second-order valence-electron chi connectivity index (χ2n) is 6.62. The Morgan fingerprint density at radius 2 is 1.65 bits per heavy atom. The number of ether oxygens (including phenoxy) is 1. The SMILES string of the molecule is CC(C)(C)OC(=O)NC(C(=O)c1ccc(I)cc1)c1ccc(Cl)c(Cl)c1. The number of halogens is 3. The van der Waals surface area contributed by atoms with Crippen molar-refractivity contribution in [3.05, 3.63) is 67.2 Å². The fraction of sp³-hybridized carbons (Fsp3) is 0.263. The van der Waals surface area contributed by atoms with Gasteiger partial charge in [-0.1, -0.05) is 41.4 Å². The first-order valence-corrected chi connectivity index (χ1v) is 9.64. The quantitative estimate of drug-likeness (QED) is 0.406. The number of hydrogen-bond acceptors (Lipinski definition) is 3. The molecule has 26 heavy (non-hydrogen) atoms. The number of carbonyl (C=O) groups excluding carboxylic acids is 2. The van der Waals surface area contributed by atoms with Crippen molar-refractivity contribution in [2.75, 3.05) is 0 Å². The molecule has 0 aliphatic heterocycles. The van der Waals surface area contributed by atoms with Gasteiger partial charge in [0.1, 0.15) is 11.6 Å². The summed E-state index contributed by atoms with van der Waals surface area (Å²) in [6.07, 6.45) is -0.688. The summed E-state index contributed by atoms with van der Waals surface area (Å²) in [7, 11) is 0. The van der Waals surface area contributed by atoms with E-state index in [9.17, 15) is 9.59 Å². The molecule has 4 nitrogen and oxygen atoms in total. The van der Waals surface area contributed by atoms with Gasteiger partial charge in [0.05, 0.1) is 10.0 Å². The zero-order chi connectivity index (χ0) is 19.5. The smallest absolute Gasteiger partial charge is 0.408 e. The number of carbonyl (C=O) groups is 2. The van der Waals surface area contributed by atoms with E-state index in [1.807, 2.05) is 12.1 Å². The predicted octanol–water partition coefficient (Wildman–Crippen LogP) is 6.05. The number of nitrogens with one attached hydrogen (secondary N) is 1. The zero-order valence-corrected chi connectivity index (χ0v) is 18.1. The zero-order valence-electron chi connectivity index (χ0n) is 14.5. The van der Waals surface area contributed by atoms with Gasteiger partial charge in [0.15, 0.2) is 5.78 Å². The van der Waals surface area contributed by atoms with Gasteiger partial charge in [-0.25, -0.2) is 4.79 Å². The number of rotatable bonds is 4. The Kier molecular flexibility index (Phi) is 6.93. The van der Waals surface area contributed by atoms with Gasteiger partial charge in [0, 0.05) is 9.13 Å². The van der Waals surface area contributed by atoms with Gasteiger partial charge in [0.25, 0.3) is 0 Å². The van der Waals surface area contributed by atoms with Crippen molar-refractivity contribution < 1.29 is 14.3 Å². The lowest BCUT2D eigenvalue weighted by molar-refractivity contribution is 0.0491. The van der Waals surface area contributed by atoms with Crippen molar-refractivity contribution in [1.82, 2.24) is 5.32 Å². The summed E-state index contributed by atoms with van der Waals surface area (Å²) in [6.45, 7) is 5.26. The van der Waals surface area contributed by atoms with E-state index in [-0.39, 0.29) is 5.78 Å². The third kappa shape index (κ3) is 5.86. The first-order valence-electron chi connectivity index (χ1n) is 7.81. The van der Waals surface area contributed by atoms with E-state index in [0.717, 1.165) is 3.57 Å². The minimum atomic E-state index is -0.945. The van der Waals surface area contributed by atoms with E-state index in [4.69, 9.17) is 27.9 Å². The third-order valence-electron chi connectivity index (χ3n) is 3.33. The average molecular weight is 506 g/mol. The molecule has 0 heterocycles. The fourth-order valence-corrected chi connectivity index (χ4v) is 2.86. The highest BCUT2D eigenvalue weighted by atomic mass is 127. The van der Waals surface area contributed by atoms with E-state index in [2.05, 4.69) is 27.9 Å².